The standard InChI is InChI=1S/C28H26NOP/c1-29-20-24-14-8-9-15-26(24)31-27-19-23(16-21-10-4-2-5-11-21)18-25(28(27)30)17-22-12-6-3-7-13-22/h2-15,18-20,30-31H,16-17H2,1H3. The van der Waals surface area contributed by atoms with Crippen molar-refractivity contribution in [2.45, 2.75) is 12.8 Å². The van der Waals surface area contributed by atoms with Gasteiger partial charge in [-0.25, -0.2) is 0 Å². The topological polar surface area (TPSA) is 32.6 Å². The van der Waals surface area contributed by atoms with E-state index in [1.807, 2.05) is 42.6 Å². The van der Waals surface area contributed by atoms with Gasteiger partial charge in [-0.15, -0.1) is 0 Å². The molecule has 0 saturated carbocycles. The van der Waals surface area contributed by atoms with Crippen LogP contribution in [0.15, 0.2) is 102 Å². The fraction of sp³-hybridized carbons (Fsp3) is 0.107. The number of benzene rings is 4. The molecule has 1 atom stereocenters. The SMILES string of the molecule is CN=Cc1ccccc1Pc1cc(Cc2ccccc2)cc(Cc2ccccc2)c1O. The number of aliphatic imine (C=N–C) groups is 1. The molecular weight excluding hydrogens is 397 g/mol. The van der Waals surface area contributed by atoms with Gasteiger partial charge in [0.2, 0.25) is 0 Å². The van der Waals surface area contributed by atoms with Gasteiger partial charge in [0.25, 0.3) is 0 Å². The molecule has 0 aliphatic carbocycles. The largest absolute Gasteiger partial charge is 0.507 e. The molecule has 2 nitrogen and oxygen atoms in total. The molecule has 0 radical (unpaired) electrons. The van der Waals surface area contributed by atoms with Crippen LogP contribution in [0, 0.1) is 0 Å². The van der Waals surface area contributed by atoms with E-state index in [1.54, 1.807) is 7.05 Å². The van der Waals surface area contributed by atoms with Gasteiger partial charge in [0, 0.05) is 25.0 Å². The molecule has 0 heterocycles. The third kappa shape index (κ3) is 5.48. The van der Waals surface area contributed by atoms with Gasteiger partial charge in [-0.2, -0.15) is 0 Å². The molecule has 3 heteroatoms. The van der Waals surface area contributed by atoms with Gasteiger partial charge in [0.15, 0.2) is 0 Å². The van der Waals surface area contributed by atoms with E-state index in [9.17, 15) is 5.11 Å². The van der Waals surface area contributed by atoms with E-state index in [1.165, 1.54) is 22.0 Å². The van der Waals surface area contributed by atoms with Crippen LogP contribution in [0.25, 0.3) is 0 Å². The molecule has 0 spiro atoms. The molecule has 1 N–H and O–H groups in total. The number of phenols is 1. The molecule has 0 fully saturated rings. The number of aromatic hydroxyl groups is 1. The molecule has 4 aromatic rings. The molecule has 0 bridgehead atoms. The highest BCUT2D eigenvalue weighted by Crippen LogP contribution is 2.28. The molecule has 4 aromatic carbocycles. The number of phenolic OH excluding ortho intramolecular Hbond substituents is 1. The van der Waals surface area contributed by atoms with E-state index < -0.39 is 0 Å². The summed E-state index contributed by atoms with van der Waals surface area (Å²) in [5.41, 5.74) is 5.76. The van der Waals surface area contributed by atoms with Crippen molar-refractivity contribution in [2.75, 3.05) is 7.05 Å². The molecule has 1 unspecified atom stereocenters. The average molecular weight is 423 g/mol. The highest BCUT2D eigenvalue weighted by Gasteiger charge is 2.13. The van der Waals surface area contributed by atoms with Gasteiger partial charge >= 0.3 is 0 Å². The van der Waals surface area contributed by atoms with Gasteiger partial charge in [0.1, 0.15) is 5.75 Å². The lowest BCUT2D eigenvalue weighted by Gasteiger charge is -2.15. The minimum atomic E-state index is 0.357. The molecule has 0 aliphatic heterocycles. The smallest absolute Gasteiger partial charge is 0.126 e. The Morgan fingerprint density at radius 3 is 2.00 bits per heavy atom. The fourth-order valence-electron chi connectivity index (χ4n) is 3.75. The van der Waals surface area contributed by atoms with Crippen molar-refractivity contribution in [3.8, 4) is 5.75 Å². The van der Waals surface area contributed by atoms with Crippen molar-refractivity contribution in [1.82, 2.24) is 0 Å². The van der Waals surface area contributed by atoms with Gasteiger partial charge in [-0.3, -0.25) is 4.99 Å². The first-order valence-corrected chi connectivity index (χ1v) is 11.4. The maximum Gasteiger partial charge on any atom is 0.126 e. The summed E-state index contributed by atoms with van der Waals surface area (Å²) in [6.07, 6.45) is 3.45. The molecule has 0 amide bonds. The second-order valence-corrected chi connectivity index (χ2v) is 8.90. The second-order valence-electron chi connectivity index (χ2n) is 7.58. The average Bonchev–Trinajstić information content (AvgIpc) is 2.80. The van der Waals surface area contributed by atoms with Crippen molar-refractivity contribution in [1.29, 1.82) is 0 Å². The maximum atomic E-state index is 11.2. The molecule has 4 rings (SSSR count). The molecule has 154 valence electrons. The lowest BCUT2D eigenvalue weighted by Crippen LogP contribution is -2.11. The Bertz CT molecular complexity index is 1170. The summed E-state index contributed by atoms with van der Waals surface area (Å²) in [6, 6.07) is 33.4. The first kappa shape index (κ1) is 21.0. The highest BCUT2D eigenvalue weighted by molar-refractivity contribution is 7.56. The summed E-state index contributed by atoms with van der Waals surface area (Å²) in [4.78, 5) is 4.19. The Labute approximate surface area is 186 Å². The number of nitrogens with zero attached hydrogens (tertiary/aromatic N) is 1. The van der Waals surface area contributed by atoms with Gasteiger partial charge in [0.05, 0.1) is 0 Å². The van der Waals surface area contributed by atoms with E-state index >= 15 is 0 Å². The zero-order chi connectivity index (χ0) is 21.5. The van der Waals surface area contributed by atoms with Gasteiger partial charge in [-0.1, -0.05) is 99.6 Å². The third-order valence-corrected chi connectivity index (χ3v) is 6.61. The van der Waals surface area contributed by atoms with Crippen LogP contribution in [0.1, 0.15) is 27.8 Å². The molecule has 0 aromatic heterocycles. The number of hydrogen-bond donors (Lipinski definition) is 1. The van der Waals surface area contributed by atoms with Crippen molar-refractivity contribution >= 4 is 25.4 Å². The Morgan fingerprint density at radius 1 is 0.710 bits per heavy atom. The summed E-state index contributed by atoms with van der Waals surface area (Å²) in [5.74, 6) is 0.405. The Balaban J connectivity index is 1.74. The van der Waals surface area contributed by atoms with Crippen molar-refractivity contribution < 1.29 is 5.11 Å². The summed E-state index contributed by atoms with van der Waals surface area (Å²) in [5, 5.41) is 13.4. The monoisotopic (exact) mass is 423 g/mol. The highest BCUT2D eigenvalue weighted by atomic mass is 31.1. The minimum Gasteiger partial charge on any atom is -0.507 e. The van der Waals surface area contributed by atoms with Crippen molar-refractivity contribution in [2.24, 2.45) is 4.99 Å². The Kier molecular flexibility index (Phi) is 6.92. The van der Waals surface area contributed by atoms with Crippen molar-refractivity contribution in [3.05, 3.63) is 125 Å². The number of hydrogen-bond acceptors (Lipinski definition) is 2. The van der Waals surface area contributed by atoms with E-state index in [0.29, 0.717) is 20.8 Å². The zero-order valence-corrected chi connectivity index (χ0v) is 18.6. The first-order chi connectivity index (χ1) is 15.2. The van der Waals surface area contributed by atoms with Crippen LogP contribution in [0.5, 0.6) is 5.75 Å². The molecule has 31 heavy (non-hydrogen) atoms. The van der Waals surface area contributed by atoms with Crippen LogP contribution < -0.4 is 10.6 Å². The lowest BCUT2D eigenvalue weighted by molar-refractivity contribution is 0.474. The molecular formula is C28H26NOP. The number of rotatable bonds is 7. The summed E-state index contributed by atoms with van der Waals surface area (Å²) in [7, 11) is 2.14. The van der Waals surface area contributed by atoms with Crippen LogP contribution in [0.4, 0.5) is 0 Å². The van der Waals surface area contributed by atoms with E-state index in [4.69, 9.17) is 0 Å². The third-order valence-electron chi connectivity index (χ3n) is 5.24. The van der Waals surface area contributed by atoms with Crippen LogP contribution in [-0.4, -0.2) is 18.4 Å². The Morgan fingerprint density at radius 2 is 1.32 bits per heavy atom. The molecule has 0 saturated heterocycles. The zero-order valence-electron chi connectivity index (χ0n) is 17.6. The predicted octanol–water partition coefficient (Wildman–Crippen LogP) is 5.25. The summed E-state index contributed by atoms with van der Waals surface area (Å²) >= 11 is 0. The second kappa shape index (κ2) is 10.2. The maximum absolute atomic E-state index is 11.2. The predicted molar refractivity (Wildman–Crippen MR) is 134 cm³/mol. The van der Waals surface area contributed by atoms with E-state index in [0.717, 1.165) is 22.9 Å². The molecule has 0 aliphatic rings. The van der Waals surface area contributed by atoms with Crippen molar-refractivity contribution in [3.63, 3.8) is 0 Å². The van der Waals surface area contributed by atoms with E-state index in [-0.39, 0.29) is 0 Å². The van der Waals surface area contributed by atoms with Gasteiger partial charge in [-0.05, 0) is 45.6 Å². The van der Waals surface area contributed by atoms with Crippen LogP contribution in [0.2, 0.25) is 0 Å². The fourth-order valence-corrected chi connectivity index (χ4v) is 5.05. The Hall–Kier alpha value is -3.22. The summed E-state index contributed by atoms with van der Waals surface area (Å²) in [6.45, 7) is 0. The lowest BCUT2D eigenvalue weighted by atomic mass is 9.98. The van der Waals surface area contributed by atoms with Crippen LogP contribution in [-0.2, 0) is 12.8 Å². The van der Waals surface area contributed by atoms with Gasteiger partial charge < -0.3 is 5.11 Å². The quantitative estimate of drug-likeness (QED) is 0.320. The first-order valence-electron chi connectivity index (χ1n) is 10.4. The summed E-state index contributed by atoms with van der Waals surface area (Å²) < 4.78 is 0. The van der Waals surface area contributed by atoms with E-state index in [2.05, 4.69) is 65.7 Å². The minimum absolute atomic E-state index is 0.357. The van der Waals surface area contributed by atoms with Crippen LogP contribution >= 0.6 is 8.58 Å². The van der Waals surface area contributed by atoms with Crippen LogP contribution in [0.3, 0.4) is 0 Å². The normalized spacial score (nSPS) is 11.5.